The highest BCUT2D eigenvalue weighted by atomic mass is 35.5. The molecule has 2 rings (SSSR count). The average molecular weight is 337 g/mol. The molecule has 1 aliphatic heterocycles. The van der Waals surface area contributed by atoms with Gasteiger partial charge < -0.3 is 5.73 Å². The molecule has 0 aromatic heterocycles. The van der Waals surface area contributed by atoms with Gasteiger partial charge in [-0.15, -0.1) is 0 Å². The lowest BCUT2D eigenvalue weighted by Crippen LogP contribution is -2.35. The summed E-state index contributed by atoms with van der Waals surface area (Å²) in [6.45, 7) is 2.67. The monoisotopic (exact) mass is 336 g/mol. The molecule has 20 heavy (non-hydrogen) atoms. The van der Waals surface area contributed by atoms with Crippen molar-refractivity contribution in [1.29, 1.82) is 0 Å². The van der Waals surface area contributed by atoms with Crippen LogP contribution in [-0.2, 0) is 16.6 Å². The van der Waals surface area contributed by atoms with E-state index in [1.165, 1.54) is 10.4 Å². The number of benzene rings is 1. The third-order valence-electron chi connectivity index (χ3n) is 3.68. The zero-order valence-corrected chi connectivity index (χ0v) is 13.6. The number of sulfonamides is 1. The quantitative estimate of drug-likeness (QED) is 0.919. The van der Waals surface area contributed by atoms with Crippen molar-refractivity contribution in [3.8, 4) is 0 Å². The van der Waals surface area contributed by atoms with E-state index in [1.54, 1.807) is 6.07 Å². The van der Waals surface area contributed by atoms with Crippen LogP contribution in [0.15, 0.2) is 17.0 Å². The maximum atomic E-state index is 12.8. The number of rotatable bonds is 4. The standard InChI is InChI=1S/C13H18Cl2N2O2S/c1-2-11-4-3-5-17(11)20(18,19)12-7-10(14)6-9(8-16)13(12)15/h6-7,11H,2-5,8,16H2,1H3. The van der Waals surface area contributed by atoms with Crippen LogP contribution in [0.1, 0.15) is 31.7 Å². The zero-order chi connectivity index (χ0) is 14.9. The van der Waals surface area contributed by atoms with E-state index in [1.807, 2.05) is 6.92 Å². The van der Waals surface area contributed by atoms with Gasteiger partial charge in [-0.2, -0.15) is 4.31 Å². The second-order valence-corrected chi connectivity index (χ2v) is 7.57. The molecule has 1 saturated heterocycles. The molecule has 1 aromatic rings. The largest absolute Gasteiger partial charge is 0.326 e. The van der Waals surface area contributed by atoms with Crippen molar-refractivity contribution < 1.29 is 8.42 Å². The molecule has 0 spiro atoms. The maximum absolute atomic E-state index is 12.8. The van der Waals surface area contributed by atoms with Crippen molar-refractivity contribution in [3.63, 3.8) is 0 Å². The highest BCUT2D eigenvalue weighted by Gasteiger charge is 2.35. The first kappa shape index (κ1) is 16.0. The number of nitrogens with zero attached hydrogens (tertiary/aromatic N) is 1. The molecule has 112 valence electrons. The van der Waals surface area contributed by atoms with Gasteiger partial charge in [-0.1, -0.05) is 30.1 Å². The molecule has 1 aliphatic rings. The van der Waals surface area contributed by atoms with E-state index in [2.05, 4.69) is 0 Å². The summed E-state index contributed by atoms with van der Waals surface area (Å²) >= 11 is 12.2. The highest BCUT2D eigenvalue weighted by molar-refractivity contribution is 7.89. The predicted molar refractivity (Wildman–Crippen MR) is 81.6 cm³/mol. The smallest absolute Gasteiger partial charge is 0.244 e. The topological polar surface area (TPSA) is 63.4 Å². The number of nitrogens with two attached hydrogens (primary N) is 1. The second kappa shape index (κ2) is 6.20. The van der Waals surface area contributed by atoms with Gasteiger partial charge in [0.05, 0.1) is 5.02 Å². The summed E-state index contributed by atoms with van der Waals surface area (Å²) in [5.74, 6) is 0. The highest BCUT2D eigenvalue weighted by Crippen LogP contribution is 2.34. The molecule has 0 bridgehead atoms. The van der Waals surface area contributed by atoms with Crippen molar-refractivity contribution in [2.45, 2.75) is 43.7 Å². The van der Waals surface area contributed by atoms with Gasteiger partial charge in [-0.05, 0) is 37.0 Å². The first-order valence-electron chi connectivity index (χ1n) is 6.61. The summed E-state index contributed by atoms with van der Waals surface area (Å²) in [5, 5.41) is 0.513. The van der Waals surface area contributed by atoms with E-state index in [4.69, 9.17) is 28.9 Å². The predicted octanol–water partition coefficient (Wildman–Crippen LogP) is 3.02. The van der Waals surface area contributed by atoms with E-state index >= 15 is 0 Å². The molecular formula is C13H18Cl2N2O2S. The number of hydrogen-bond acceptors (Lipinski definition) is 3. The fourth-order valence-electron chi connectivity index (χ4n) is 2.61. The van der Waals surface area contributed by atoms with Gasteiger partial charge in [0, 0.05) is 24.2 Å². The van der Waals surface area contributed by atoms with Crippen LogP contribution in [0.3, 0.4) is 0 Å². The van der Waals surface area contributed by atoms with Gasteiger partial charge in [-0.3, -0.25) is 0 Å². The fourth-order valence-corrected chi connectivity index (χ4v) is 5.30. The first-order valence-corrected chi connectivity index (χ1v) is 8.81. The average Bonchev–Trinajstić information content (AvgIpc) is 2.89. The normalized spacial score (nSPS) is 20.5. The molecule has 2 N–H and O–H groups in total. The molecule has 0 radical (unpaired) electrons. The van der Waals surface area contributed by atoms with Gasteiger partial charge in [0.1, 0.15) is 4.90 Å². The molecule has 1 heterocycles. The van der Waals surface area contributed by atoms with E-state index in [0.29, 0.717) is 17.1 Å². The van der Waals surface area contributed by atoms with E-state index in [-0.39, 0.29) is 22.5 Å². The molecule has 0 aliphatic carbocycles. The van der Waals surface area contributed by atoms with Gasteiger partial charge in [0.15, 0.2) is 0 Å². The molecule has 1 fully saturated rings. The number of halogens is 2. The Balaban J connectivity index is 2.52. The Morgan fingerprint density at radius 3 is 2.70 bits per heavy atom. The third kappa shape index (κ3) is 2.83. The number of hydrogen-bond donors (Lipinski definition) is 1. The van der Waals surface area contributed by atoms with Crippen molar-refractivity contribution in [1.82, 2.24) is 4.31 Å². The van der Waals surface area contributed by atoms with Gasteiger partial charge in [-0.25, -0.2) is 8.42 Å². The van der Waals surface area contributed by atoms with Crippen LogP contribution in [0.2, 0.25) is 10.0 Å². The Hall–Kier alpha value is -0.330. The summed E-state index contributed by atoms with van der Waals surface area (Å²) in [6.07, 6.45) is 2.55. The van der Waals surface area contributed by atoms with E-state index in [0.717, 1.165) is 19.3 Å². The van der Waals surface area contributed by atoms with E-state index in [9.17, 15) is 8.42 Å². The Morgan fingerprint density at radius 1 is 1.40 bits per heavy atom. The maximum Gasteiger partial charge on any atom is 0.244 e. The van der Waals surface area contributed by atoms with E-state index < -0.39 is 10.0 Å². The molecule has 0 amide bonds. The van der Waals surface area contributed by atoms with Crippen molar-refractivity contribution in [3.05, 3.63) is 27.7 Å². The SMILES string of the molecule is CCC1CCCN1S(=O)(=O)c1cc(Cl)cc(CN)c1Cl. The minimum atomic E-state index is -3.62. The third-order valence-corrected chi connectivity index (χ3v) is 6.43. The molecule has 1 atom stereocenters. The Bertz CT molecular complexity index is 605. The van der Waals surface area contributed by atoms with Crippen LogP contribution in [0.4, 0.5) is 0 Å². The molecule has 0 saturated carbocycles. The molecule has 4 nitrogen and oxygen atoms in total. The molecule has 1 aromatic carbocycles. The summed E-state index contributed by atoms with van der Waals surface area (Å²) < 4.78 is 27.1. The lowest BCUT2D eigenvalue weighted by atomic mass is 10.2. The van der Waals surface area contributed by atoms with Crippen molar-refractivity contribution >= 4 is 33.2 Å². The fraction of sp³-hybridized carbons (Fsp3) is 0.538. The van der Waals surface area contributed by atoms with Crippen LogP contribution in [0.25, 0.3) is 0 Å². The van der Waals surface area contributed by atoms with Crippen molar-refractivity contribution in [2.24, 2.45) is 5.73 Å². The minimum Gasteiger partial charge on any atom is -0.326 e. The zero-order valence-electron chi connectivity index (χ0n) is 11.3. The summed E-state index contributed by atoms with van der Waals surface area (Å²) in [7, 11) is -3.62. The summed E-state index contributed by atoms with van der Waals surface area (Å²) in [5.41, 5.74) is 6.13. The van der Waals surface area contributed by atoms with Crippen molar-refractivity contribution in [2.75, 3.05) is 6.54 Å². The lowest BCUT2D eigenvalue weighted by Gasteiger charge is -2.24. The first-order chi connectivity index (χ1) is 9.41. The molecule has 7 heteroatoms. The van der Waals surface area contributed by atoms with Crippen LogP contribution < -0.4 is 5.73 Å². The van der Waals surface area contributed by atoms with Crippen LogP contribution in [-0.4, -0.2) is 25.3 Å². The summed E-state index contributed by atoms with van der Waals surface area (Å²) in [6, 6.07) is 3.05. The van der Waals surface area contributed by atoms with Crippen LogP contribution >= 0.6 is 23.2 Å². The van der Waals surface area contributed by atoms with Crippen LogP contribution in [0.5, 0.6) is 0 Å². The molecular weight excluding hydrogens is 319 g/mol. The Kier molecular flexibility index (Phi) is 4.97. The van der Waals surface area contributed by atoms with Gasteiger partial charge >= 0.3 is 0 Å². The lowest BCUT2D eigenvalue weighted by molar-refractivity contribution is 0.379. The second-order valence-electron chi connectivity index (χ2n) is 4.90. The van der Waals surface area contributed by atoms with Gasteiger partial charge in [0.25, 0.3) is 0 Å². The van der Waals surface area contributed by atoms with Gasteiger partial charge in [0.2, 0.25) is 10.0 Å². The molecule has 1 unspecified atom stereocenters. The Morgan fingerprint density at radius 2 is 2.10 bits per heavy atom. The summed E-state index contributed by atoms with van der Waals surface area (Å²) in [4.78, 5) is 0.0625. The minimum absolute atomic E-state index is 0.0383. The van der Waals surface area contributed by atoms with Crippen LogP contribution in [0, 0.1) is 0 Å². The Labute approximate surface area is 129 Å².